The fraction of sp³-hybridized carbons (Fsp3) is 0.263. The van der Waals surface area contributed by atoms with E-state index in [1.807, 2.05) is 6.08 Å². The smallest absolute Gasteiger partial charge is 0.0148 e. The number of hydrogen-bond donors (Lipinski definition) is 1. The molecule has 2 aromatic carbocycles. The number of nitrogens with one attached hydrogen (secondary N) is 1. The van der Waals surface area contributed by atoms with Gasteiger partial charge < -0.3 is 5.32 Å². The molecule has 1 nitrogen and oxygen atoms in total. The molecule has 1 heteroatoms. The van der Waals surface area contributed by atoms with Crippen molar-refractivity contribution in [1.29, 1.82) is 0 Å². The van der Waals surface area contributed by atoms with Gasteiger partial charge in [0, 0.05) is 6.04 Å². The monoisotopic (exact) mass is 265 g/mol. The molecule has 0 bridgehead atoms. The molecule has 1 N–H and O–H groups in total. The minimum Gasteiger partial charge on any atom is -0.313 e. The van der Waals surface area contributed by atoms with Gasteiger partial charge >= 0.3 is 0 Å². The largest absolute Gasteiger partial charge is 0.313 e. The van der Waals surface area contributed by atoms with E-state index in [1.165, 1.54) is 11.1 Å². The fourth-order valence-corrected chi connectivity index (χ4v) is 2.40. The van der Waals surface area contributed by atoms with Gasteiger partial charge in [0.25, 0.3) is 0 Å². The molecule has 2 aromatic rings. The van der Waals surface area contributed by atoms with Crippen LogP contribution in [0.15, 0.2) is 73.3 Å². The highest BCUT2D eigenvalue weighted by Gasteiger charge is 2.09. The Kier molecular flexibility index (Phi) is 6.07. The zero-order valence-corrected chi connectivity index (χ0v) is 12.0. The molecule has 0 aliphatic rings. The maximum atomic E-state index is 3.79. The second-order valence-electron chi connectivity index (χ2n) is 5.11. The van der Waals surface area contributed by atoms with E-state index in [2.05, 4.69) is 72.6 Å². The summed E-state index contributed by atoms with van der Waals surface area (Å²) in [5, 5.41) is 3.65. The van der Waals surface area contributed by atoms with Crippen LogP contribution in [0.1, 0.15) is 17.5 Å². The second-order valence-corrected chi connectivity index (χ2v) is 5.11. The van der Waals surface area contributed by atoms with E-state index in [9.17, 15) is 0 Å². The van der Waals surface area contributed by atoms with Crippen LogP contribution < -0.4 is 5.32 Å². The van der Waals surface area contributed by atoms with Gasteiger partial charge in [-0.2, -0.15) is 0 Å². The van der Waals surface area contributed by atoms with Crippen molar-refractivity contribution in [1.82, 2.24) is 5.32 Å². The Morgan fingerprint density at radius 2 is 1.35 bits per heavy atom. The molecule has 0 saturated heterocycles. The Labute approximate surface area is 122 Å². The summed E-state index contributed by atoms with van der Waals surface area (Å²) in [4.78, 5) is 0. The van der Waals surface area contributed by atoms with E-state index in [-0.39, 0.29) is 0 Å². The van der Waals surface area contributed by atoms with Gasteiger partial charge in [-0.15, -0.1) is 6.58 Å². The van der Waals surface area contributed by atoms with Crippen LogP contribution in [0.4, 0.5) is 0 Å². The Morgan fingerprint density at radius 3 is 1.80 bits per heavy atom. The fourth-order valence-electron chi connectivity index (χ4n) is 2.40. The summed E-state index contributed by atoms with van der Waals surface area (Å²) in [6.07, 6.45) is 5.11. The molecular formula is C19H23N. The normalized spacial score (nSPS) is 10.7. The number of hydrogen-bond acceptors (Lipinski definition) is 1. The van der Waals surface area contributed by atoms with E-state index in [0.29, 0.717) is 6.04 Å². The molecular weight excluding hydrogens is 242 g/mol. The van der Waals surface area contributed by atoms with Crippen LogP contribution in [0.3, 0.4) is 0 Å². The van der Waals surface area contributed by atoms with Gasteiger partial charge in [0.1, 0.15) is 0 Å². The van der Waals surface area contributed by atoms with Gasteiger partial charge in [0.2, 0.25) is 0 Å². The molecule has 104 valence electrons. The Balaban J connectivity index is 1.98. The van der Waals surface area contributed by atoms with Gasteiger partial charge in [-0.1, -0.05) is 66.7 Å². The first-order valence-corrected chi connectivity index (χ1v) is 7.30. The molecule has 0 atom stereocenters. The Hall–Kier alpha value is -1.86. The first kappa shape index (κ1) is 14.5. The molecule has 0 aromatic heterocycles. The minimum absolute atomic E-state index is 0.472. The van der Waals surface area contributed by atoms with E-state index in [4.69, 9.17) is 0 Å². The van der Waals surface area contributed by atoms with Gasteiger partial charge in [0.15, 0.2) is 0 Å². The highest BCUT2D eigenvalue weighted by Crippen LogP contribution is 2.09. The molecule has 0 saturated carbocycles. The van der Waals surface area contributed by atoms with Crippen LogP contribution in [0, 0.1) is 0 Å². The van der Waals surface area contributed by atoms with Crippen molar-refractivity contribution >= 4 is 0 Å². The highest BCUT2D eigenvalue weighted by molar-refractivity contribution is 5.19. The summed E-state index contributed by atoms with van der Waals surface area (Å²) in [5.74, 6) is 0. The molecule has 0 radical (unpaired) electrons. The Morgan fingerprint density at radius 1 is 0.850 bits per heavy atom. The SMILES string of the molecule is C=CCCNC(Cc1ccccc1)Cc1ccccc1. The molecule has 0 amide bonds. The van der Waals surface area contributed by atoms with Gasteiger partial charge in [0.05, 0.1) is 0 Å². The van der Waals surface area contributed by atoms with Gasteiger partial charge in [-0.3, -0.25) is 0 Å². The van der Waals surface area contributed by atoms with E-state index < -0.39 is 0 Å². The molecule has 0 heterocycles. The summed E-state index contributed by atoms with van der Waals surface area (Å²) in [5.41, 5.74) is 2.78. The minimum atomic E-state index is 0.472. The predicted octanol–water partition coefficient (Wildman–Crippen LogP) is 4.01. The molecule has 0 spiro atoms. The Bertz CT molecular complexity index is 448. The lowest BCUT2D eigenvalue weighted by molar-refractivity contribution is 0.511. The second kappa shape index (κ2) is 8.34. The van der Waals surface area contributed by atoms with Crippen LogP contribution in [0.25, 0.3) is 0 Å². The van der Waals surface area contributed by atoms with Gasteiger partial charge in [-0.25, -0.2) is 0 Å². The van der Waals surface area contributed by atoms with Crippen molar-refractivity contribution in [2.45, 2.75) is 25.3 Å². The van der Waals surface area contributed by atoms with Crippen LogP contribution in [-0.4, -0.2) is 12.6 Å². The molecule has 2 rings (SSSR count). The van der Waals surface area contributed by atoms with E-state index >= 15 is 0 Å². The molecule has 0 fully saturated rings. The lowest BCUT2D eigenvalue weighted by Gasteiger charge is -2.19. The predicted molar refractivity (Wildman–Crippen MR) is 86.9 cm³/mol. The molecule has 0 aliphatic carbocycles. The first-order valence-electron chi connectivity index (χ1n) is 7.30. The summed E-state index contributed by atoms with van der Waals surface area (Å²) < 4.78 is 0. The lowest BCUT2D eigenvalue weighted by atomic mass is 9.99. The first-order chi connectivity index (χ1) is 9.88. The standard InChI is InChI=1S/C19H23N/c1-2-3-14-20-19(15-17-10-6-4-7-11-17)16-18-12-8-5-9-13-18/h2,4-13,19-20H,1,3,14-16H2. The quantitative estimate of drug-likeness (QED) is 0.562. The highest BCUT2D eigenvalue weighted by atomic mass is 14.9. The van der Waals surface area contributed by atoms with Gasteiger partial charge in [-0.05, 0) is 36.9 Å². The van der Waals surface area contributed by atoms with Crippen molar-refractivity contribution in [3.8, 4) is 0 Å². The van der Waals surface area contributed by atoms with Crippen molar-refractivity contribution < 1.29 is 0 Å². The summed E-state index contributed by atoms with van der Waals surface area (Å²) in [7, 11) is 0. The molecule has 0 aliphatic heterocycles. The van der Waals surface area contributed by atoms with Crippen molar-refractivity contribution in [3.63, 3.8) is 0 Å². The maximum Gasteiger partial charge on any atom is 0.0148 e. The van der Waals surface area contributed by atoms with E-state index in [0.717, 1.165) is 25.8 Å². The van der Waals surface area contributed by atoms with Crippen molar-refractivity contribution in [2.75, 3.05) is 6.54 Å². The zero-order valence-electron chi connectivity index (χ0n) is 12.0. The van der Waals surface area contributed by atoms with Crippen LogP contribution in [0.2, 0.25) is 0 Å². The average molecular weight is 265 g/mol. The maximum absolute atomic E-state index is 3.79. The van der Waals surface area contributed by atoms with Crippen molar-refractivity contribution in [2.24, 2.45) is 0 Å². The van der Waals surface area contributed by atoms with Crippen LogP contribution in [0.5, 0.6) is 0 Å². The zero-order chi connectivity index (χ0) is 14.0. The average Bonchev–Trinajstić information content (AvgIpc) is 2.49. The topological polar surface area (TPSA) is 12.0 Å². The summed E-state index contributed by atoms with van der Waals surface area (Å²) in [6, 6.07) is 21.9. The third-order valence-corrected chi connectivity index (χ3v) is 3.43. The van der Waals surface area contributed by atoms with Crippen molar-refractivity contribution in [3.05, 3.63) is 84.4 Å². The summed E-state index contributed by atoms with van der Waals surface area (Å²) in [6.45, 7) is 4.78. The third kappa shape index (κ3) is 5.02. The molecule has 20 heavy (non-hydrogen) atoms. The number of benzene rings is 2. The molecule has 0 unspecified atom stereocenters. The number of rotatable bonds is 8. The lowest BCUT2D eigenvalue weighted by Crippen LogP contribution is -2.33. The van der Waals surface area contributed by atoms with Crippen LogP contribution >= 0.6 is 0 Å². The third-order valence-electron chi connectivity index (χ3n) is 3.43. The van der Waals surface area contributed by atoms with E-state index in [1.54, 1.807) is 0 Å². The summed E-state index contributed by atoms with van der Waals surface area (Å²) >= 11 is 0. The van der Waals surface area contributed by atoms with Crippen LogP contribution in [-0.2, 0) is 12.8 Å².